The van der Waals surface area contributed by atoms with Crippen LogP contribution in [-0.2, 0) is 4.79 Å². The minimum atomic E-state index is -1.15. The molecule has 0 bridgehead atoms. The molecule has 30 heavy (non-hydrogen) atoms. The molecule has 2 N–H and O–H groups in total. The molecule has 3 rings (SSSR count). The lowest BCUT2D eigenvalue weighted by Crippen LogP contribution is -2.27. The van der Waals surface area contributed by atoms with E-state index in [2.05, 4.69) is 5.32 Å². The van der Waals surface area contributed by atoms with Gasteiger partial charge in [0.05, 0.1) is 16.6 Å². The Morgan fingerprint density at radius 2 is 1.90 bits per heavy atom. The number of benzene rings is 2. The number of furan rings is 1. The third kappa shape index (κ3) is 4.77. The van der Waals surface area contributed by atoms with Crippen molar-refractivity contribution >= 4 is 29.6 Å². The van der Waals surface area contributed by atoms with Gasteiger partial charge >= 0.3 is 5.97 Å². The van der Waals surface area contributed by atoms with Crippen LogP contribution in [0.25, 0.3) is 17.4 Å². The number of halogens is 1. The Balaban J connectivity index is 1.80. The molecule has 0 spiro atoms. The monoisotopic (exact) mass is 420 g/mol. The lowest BCUT2D eigenvalue weighted by molar-refractivity contribution is -0.117. The summed E-state index contributed by atoms with van der Waals surface area (Å²) < 4.78 is 5.67. The Bertz CT molecular complexity index is 1160. The predicted molar refractivity (Wildman–Crippen MR) is 113 cm³/mol. The highest BCUT2D eigenvalue weighted by Crippen LogP contribution is 2.27. The average molecular weight is 421 g/mol. The van der Waals surface area contributed by atoms with Gasteiger partial charge in [0.2, 0.25) is 0 Å². The van der Waals surface area contributed by atoms with E-state index in [0.717, 1.165) is 5.56 Å². The molecular formula is C23H17ClN2O4. The fourth-order valence-electron chi connectivity index (χ4n) is 2.82. The number of carbonyl (C=O) groups excluding carboxylic acids is 1. The lowest BCUT2D eigenvalue weighted by atomic mass is 10.1. The van der Waals surface area contributed by atoms with Crippen molar-refractivity contribution in [1.29, 1.82) is 5.26 Å². The van der Waals surface area contributed by atoms with E-state index in [9.17, 15) is 20.0 Å². The molecule has 3 aromatic rings. The van der Waals surface area contributed by atoms with Gasteiger partial charge in [-0.05, 0) is 42.8 Å². The van der Waals surface area contributed by atoms with Gasteiger partial charge in [-0.1, -0.05) is 41.9 Å². The Hall–Kier alpha value is -3.82. The standard InChI is InChI=1S/C23H17ClN2O4/c1-14(15-5-3-2-4-6-15)26-22(27)17(13-25)11-18-8-10-21(30-18)16-7-9-20(24)19(12-16)23(28)29/h2-12,14H,1H3,(H,26,27)(H,28,29)/b17-11+. The maximum Gasteiger partial charge on any atom is 0.337 e. The zero-order valence-corrected chi connectivity index (χ0v) is 16.7. The number of hydrogen-bond donors (Lipinski definition) is 2. The van der Waals surface area contributed by atoms with E-state index in [1.54, 1.807) is 18.2 Å². The maximum atomic E-state index is 12.5. The van der Waals surface area contributed by atoms with Crippen LogP contribution in [0.4, 0.5) is 0 Å². The molecule has 1 aromatic heterocycles. The summed E-state index contributed by atoms with van der Waals surface area (Å²) in [6.07, 6.45) is 1.34. The Kier molecular flexibility index (Phi) is 6.35. The second-order valence-corrected chi connectivity index (χ2v) is 6.88. The van der Waals surface area contributed by atoms with Gasteiger partial charge in [-0.3, -0.25) is 4.79 Å². The summed E-state index contributed by atoms with van der Waals surface area (Å²) in [5.41, 5.74) is 1.27. The molecule has 1 heterocycles. The van der Waals surface area contributed by atoms with Crippen molar-refractivity contribution < 1.29 is 19.1 Å². The number of amides is 1. The van der Waals surface area contributed by atoms with Crippen molar-refractivity contribution in [3.8, 4) is 17.4 Å². The van der Waals surface area contributed by atoms with Crippen molar-refractivity contribution in [3.63, 3.8) is 0 Å². The maximum absolute atomic E-state index is 12.5. The second kappa shape index (κ2) is 9.12. The van der Waals surface area contributed by atoms with Crippen LogP contribution >= 0.6 is 11.6 Å². The molecule has 0 saturated heterocycles. The number of nitrogens with zero attached hydrogens (tertiary/aromatic N) is 1. The Morgan fingerprint density at radius 3 is 2.57 bits per heavy atom. The van der Waals surface area contributed by atoms with Gasteiger partial charge in [0, 0.05) is 11.6 Å². The number of rotatable bonds is 6. The molecule has 6 nitrogen and oxygen atoms in total. The largest absolute Gasteiger partial charge is 0.478 e. The van der Waals surface area contributed by atoms with Gasteiger partial charge in [-0.15, -0.1) is 0 Å². The normalized spacial score (nSPS) is 12.1. The van der Waals surface area contributed by atoms with Crippen LogP contribution in [0.2, 0.25) is 5.02 Å². The van der Waals surface area contributed by atoms with Crippen molar-refractivity contribution in [2.45, 2.75) is 13.0 Å². The molecule has 0 aliphatic carbocycles. The molecule has 2 aromatic carbocycles. The fraction of sp³-hybridized carbons (Fsp3) is 0.0870. The third-order valence-electron chi connectivity index (χ3n) is 4.41. The number of aromatic carboxylic acids is 1. The van der Waals surface area contributed by atoms with Gasteiger partial charge in [0.15, 0.2) is 0 Å². The number of carbonyl (C=O) groups is 2. The van der Waals surface area contributed by atoms with Gasteiger partial charge in [0.1, 0.15) is 23.2 Å². The highest BCUT2D eigenvalue weighted by atomic mass is 35.5. The van der Waals surface area contributed by atoms with E-state index in [1.165, 1.54) is 18.2 Å². The van der Waals surface area contributed by atoms with Crippen LogP contribution in [0.15, 0.2) is 70.7 Å². The Labute approximate surface area is 178 Å². The number of carboxylic acids is 1. The molecule has 1 unspecified atom stereocenters. The Morgan fingerprint density at radius 1 is 1.17 bits per heavy atom. The first-order valence-corrected chi connectivity index (χ1v) is 9.37. The van der Waals surface area contributed by atoms with Crippen LogP contribution in [0.3, 0.4) is 0 Å². The second-order valence-electron chi connectivity index (χ2n) is 6.48. The molecule has 0 saturated carbocycles. The van der Waals surface area contributed by atoms with E-state index in [1.807, 2.05) is 43.3 Å². The van der Waals surface area contributed by atoms with Crippen molar-refractivity contribution in [2.24, 2.45) is 0 Å². The van der Waals surface area contributed by atoms with E-state index in [4.69, 9.17) is 16.0 Å². The molecule has 150 valence electrons. The average Bonchev–Trinajstić information content (AvgIpc) is 3.21. The van der Waals surface area contributed by atoms with Crippen LogP contribution in [0.1, 0.15) is 34.6 Å². The molecule has 0 aliphatic rings. The van der Waals surface area contributed by atoms with Crippen LogP contribution in [0.5, 0.6) is 0 Å². The van der Waals surface area contributed by atoms with Crippen molar-refractivity contribution in [2.75, 3.05) is 0 Å². The van der Waals surface area contributed by atoms with Crippen LogP contribution in [0, 0.1) is 11.3 Å². The third-order valence-corrected chi connectivity index (χ3v) is 4.74. The van der Waals surface area contributed by atoms with Crippen LogP contribution < -0.4 is 5.32 Å². The topological polar surface area (TPSA) is 103 Å². The SMILES string of the molecule is CC(NC(=O)/C(C#N)=C/c1ccc(-c2ccc(Cl)c(C(=O)O)c2)o1)c1ccccc1. The summed E-state index contributed by atoms with van der Waals surface area (Å²) >= 11 is 5.89. The van der Waals surface area contributed by atoms with E-state index in [-0.39, 0.29) is 28.0 Å². The van der Waals surface area contributed by atoms with Gasteiger partial charge in [0.25, 0.3) is 5.91 Å². The number of nitrogens with one attached hydrogen (secondary N) is 1. The summed E-state index contributed by atoms with van der Waals surface area (Å²) in [5, 5.41) is 21.5. The van der Waals surface area contributed by atoms with Gasteiger partial charge in [-0.25, -0.2) is 4.79 Å². The molecule has 0 radical (unpaired) electrons. The molecule has 1 amide bonds. The molecule has 0 aliphatic heterocycles. The fourth-order valence-corrected chi connectivity index (χ4v) is 3.02. The predicted octanol–water partition coefficient (Wildman–Crippen LogP) is 5.08. The van der Waals surface area contributed by atoms with Gasteiger partial charge < -0.3 is 14.8 Å². The zero-order chi connectivity index (χ0) is 21.7. The number of hydrogen-bond acceptors (Lipinski definition) is 4. The smallest absolute Gasteiger partial charge is 0.337 e. The van der Waals surface area contributed by atoms with E-state index >= 15 is 0 Å². The van der Waals surface area contributed by atoms with Gasteiger partial charge in [-0.2, -0.15) is 5.26 Å². The highest BCUT2D eigenvalue weighted by molar-refractivity contribution is 6.33. The highest BCUT2D eigenvalue weighted by Gasteiger charge is 2.16. The van der Waals surface area contributed by atoms with E-state index in [0.29, 0.717) is 11.3 Å². The summed E-state index contributed by atoms with van der Waals surface area (Å²) in [7, 11) is 0. The summed E-state index contributed by atoms with van der Waals surface area (Å²) in [5.74, 6) is -0.998. The summed E-state index contributed by atoms with van der Waals surface area (Å²) in [6.45, 7) is 1.83. The first-order chi connectivity index (χ1) is 14.4. The van der Waals surface area contributed by atoms with Crippen molar-refractivity contribution in [1.82, 2.24) is 5.32 Å². The minimum Gasteiger partial charge on any atom is -0.478 e. The minimum absolute atomic E-state index is 0.0466. The quantitative estimate of drug-likeness (QED) is 0.427. The first-order valence-electron chi connectivity index (χ1n) is 8.99. The lowest BCUT2D eigenvalue weighted by Gasteiger charge is -2.13. The zero-order valence-electron chi connectivity index (χ0n) is 15.9. The molecule has 0 fully saturated rings. The first kappa shape index (κ1) is 20.9. The number of carboxylic acid groups (broad SMARTS) is 1. The molecule has 7 heteroatoms. The summed E-state index contributed by atoms with van der Waals surface area (Å²) in [4.78, 5) is 23.7. The molecule has 1 atom stereocenters. The summed E-state index contributed by atoms with van der Waals surface area (Å²) in [6, 6.07) is 18.7. The van der Waals surface area contributed by atoms with Crippen molar-refractivity contribution in [3.05, 3.63) is 88.1 Å². The number of nitriles is 1. The van der Waals surface area contributed by atoms with E-state index < -0.39 is 11.9 Å². The van der Waals surface area contributed by atoms with Crippen LogP contribution in [-0.4, -0.2) is 17.0 Å². The molecular weight excluding hydrogens is 404 g/mol.